The topological polar surface area (TPSA) is 169 Å². The van der Waals surface area contributed by atoms with E-state index in [0.717, 1.165) is 12.1 Å². The van der Waals surface area contributed by atoms with Gasteiger partial charge in [-0.25, -0.2) is 31.6 Å². The number of primary sulfonamides is 1. The zero-order valence-electron chi connectivity index (χ0n) is 16.6. The maximum atomic E-state index is 11.2. The van der Waals surface area contributed by atoms with Crippen LogP contribution in [0, 0.1) is 0 Å². The molecule has 0 radical (unpaired) electrons. The summed E-state index contributed by atoms with van der Waals surface area (Å²) in [6, 6.07) is 5.05. The maximum Gasteiger partial charge on any atom is 0.336 e. The number of benzene rings is 2. The summed E-state index contributed by atoms with van der Waals surface area (Å²) < 4.78 is 45.3. The molecular formula is C18H18Br2ClNO8S2. The Morgan fingerprint density at radius 1 is 0.844 bits per heavy atom. The van der Waals surface area contributed by atoms with Crippen LogP contribution in [-0.2, 0) is 31.9 Å². The van der Waals surface area contributed by atoms with Gasteiger partial charge in [0.05, 0.1) is 20.9 Å². The number of carboxylic acid groups (broad SMARTS) is 2. The second-order valence-electron chi connectivity index (χ2n) is 6.18. The lowest BCUT2D eigenvalue weighted by molar-refractivity contribution is 0.0684. The van der Waals surface area contributed by atoms with Gasteiger partial charge in [0.1, 0.15) is 0 Å². The third kappa shape index (κ3) is 7.25. The zero-order chi connectivity index (χ0) is 25.0. The summed E-state index contributed by atoms with van der Waals surface area (Å²) in [7, 11) is -2.69. The first kappa shape index (κ1) is 28.5. The fraction of sp³-hybridized carbons (Fsp3) is 0.222. The van der Waals surface area contributed by atoms with Crippen molar-refractivity contribution < 1.29 is 36.6 Å². The van der Waals surface area contributed by atoms with Crippen molar-refractivity contribution in [2.75, 3.05) is 0 Å². The molecule has 0 aliphatic heterocycles. The first-order chi connectivity index (χ1) is 14.5. The monoisotopic (exact) mass is 633 g/mol. The number of carboxylic acids is 2. The molecule has 176 valence electrons. The third-order valence-corrected chi connectivity index (χ3v) is 8.26. The normalized spacial score (nSPS) is 11.4. The van der Waals surface area contributed by atoms with Gasteiger partial charge in [-0.15, -0.1) is 0 Å². The summed E-state index contributed by atoms with van der Waals surface area (Å²) in [6.07, 6.45) is 0.980. The summed E-state index contributed by atoms with van der Waals surface area (Å²) in [5.41, 5.74) is 0.995. The van der Waals surface area contributed by atoms with Gasteiger partial charge in [0, 0.05) is 19.6 Å². The van der Waals surface area contributed by atoms with E-state index in [1.165, 1.54) is 12.1 Å². The van der Waals surface area contributed by atoms with E-state index in [-0.39, 0.29) is 29.9 Å². The second-order valence-corrected chi connectivity index (χ2v) is 12.0. The number of halogens is 3. The van der Waals surface area contributed by atoms with Crippen LogP contribution in [0.2, 0.25) is 0 Å². The molecule has 2 aromatic rings. The maximum absolute atomic E-state index is 11.2. The van der Waals surface area contributed by atoms with E-state index in [2.05, 4.69) is 31.9 Å². The van der Waals surface area contributed by atoms with Crippen molar-refractivity contribution in [3.05, 3.63) is 55.5 Å². The van der Waals surface area contributed by atoms with Crippen LogP contribution in [0.1, 0.15) is 45.7 Å². The lowest BCUT2D eigenvalue weighted by atomic mass is 10.1. The van der Waals surface area contributed by atoms with E-state index in [1.807, 2.05) is 0 Å². The highest BCUT2D eigenvalue weighted by molar-refractivity contribution is 9.10. The third-order valence-electron chi connectivity index (χ3n) is 4.11. The van der Waals surface area contributed by atoms with E-state index < -0.39 is 31.0 Å². The molecule has 32 heavy (non-hydrogen) atoms. The molecule has 9 nitrogen and oxygen atoms in total. The Bertz CT molecular complexity index is 1180. The highest BCUT2D eigenvalue weighted by atomic mass is 79.9. The highest BCUT2D eigenvalue weighted by Gasteiger charge is 2.20. The van der Waals surface area contributed by atoms with Crippen molar-refractivity contribution in [1.29, 1.82) is 0 Å². The Labute approximate surface area is 206 Å². The Morgan fingerprint density at radius 3 is 1.47 bits per heavy atom. The van der Waals surface area contributed by atoms with Gasteiger partial charge in [-0.2, -0.15) is 0 Å². The molecule has 0 unspecified atom stereocenters. The zero-order valence-corrected chi connectivity index (χ0v) is 22.2. The molecule has 0 heterocycles. The van der Waals surface area contributed by atoms with Crippen molar-refractivity contribution in [1.82, 2.24) is 0 Å². The number of rotatable bonds is 6. The van der Waals surface area contributed by atoms with Crippen molar-refractivity contribution in [2.45, 2.75) is 36.5 Å². The first-order valence-electron chi connectivity index (χ1n) is 8.63. The molecule has 0 amide bonds. The summed E-state index contributed by atoms with van der Waals surface area (Å²) in [4.78, 5) is 21.4. The molecule has 0 aromatic heterocycles. The van der Waals surface area contributed by atoms with Crippen LogP contribution in [0.25, 0.3) is 0 Å². The molecular weight excluding hydrogens is 618 g/mol. The van der Waals surface area contributed by atoms with E-state index in [0.29, 0.717) is 24.0 Å². The van der Waals surface area contributed by atoms with E-state index in [4.69, 9.17) is 26.0 Å². The first-order valence-corrected chi connectivity index (χ1v) is 14.1. The quantitative estimate of drug-likeness (QED) is 0.400. The molecule has 0 saturated carbocycles. The number of carbonyl (C=O) groups is 2. The summed E-state index contributed by atoms with van der Waals surface area (Å²) >= 11 is 6.11. The Morgan fingerprint density at radius 2 is 1.19 bits per heavy atom. The van der Waals surface area contributed by atoms with Crippen molar-refractivity contribution >= 4 is 73.6 Å². The fourth-order valence-electron chi connectivity index (χ4n) is 2.58. The molecule has 2 aromatic carbocycles. The summed E-state index contributed by atoms with van der Waals surface area (Å²) in [6.45, 7) is 3.56. The molecule has 0 atom stereocenters. The van der Waals surface area contributed by atoms with Gasteiger partial charge in [0.2, 0.25) is 10.0 Å². The van der Waals surface area contributed by atoms with Crippen LogP contribution in [0.5, 0.6) is 0 Å². The molecule has 14 heteroatoms. The number of hydrogen-bond donors (Lipinski definition) is 3. The standard InChI is InChI=1S/C9H8BrClO4S.C9H10BrNO4S/c2*1-2-5-3-7(10)8(16(11,14)15)4-6(5)9(12)13/h3-4H,2H2,1H3,(H,12,13);3-4H,2H2,1H3,(H,12,13)(H2,11,14,15). The van der Waals surface area contributed by atoms with Gasteiger partial charge in [-0.05, 0) is 80.1 Å². The lowest BCUT2D eigenvalue weighted by Gasteiger charge is -2.08. The number of sulfonamides is 1. The predicted molar refractivity (Wildman–Crippen MR) is 125 cm³/mol. The molecule has 0 saturated heterocycles. The predicted octanol–water partition coefficient (Wildman–Crippen LogP) is 3.99. The Hall–Kier alpha value is -1.51. The van der Waals surface area contributed by atoms with Crippen LogP contribution in [-0.4, -0.2) is 39.0 Å². The van der Waals surface area contributed by atoms with Gasteiger partial charge in [-0.1, -0.05) is 13.8 Å². The molecule has 0 aliphatic carbocycles. The average molecular weight is 636 g/mol. The van der Waals surface area contributed by atoms with E-state index in [9.17, 15) is 26.4 Å². The number of hydrogen-bond acceptors (Lipinski definition) is 6. The highest BCUT2D eigenvalue weighted by Crippen LogP contribution is 2.29. The molecule has 2 rings (SSSR count). The number of nitrogens with two attached hydrogens (primary N) is 1. The second kappa shape index (κ2) is 11.1. The van der Waals surface area contributed by atoms with E-state index in [1.54, 1.807) is 13.8 Å². The SMILES string of the molecule is CCc1cc(Br)c(S(=O)(=O)Cl)cc1C(=O)O.CCc1cc(Br)c(S(N)(=O)=O)cc1C(=O)O. The van der Waals surface area contributed by atoms with Crippen molar-refractivity contribution in [3.8, 4) is 0 Å². The van der Waals surface area contributed by atoms with Crippen LogP contribution >= 0.6 is 42.5 Å². The van der Waals surface area contributed by atoms with Crippen molar-refractivity contribution in [2.24, 2.45) is 5.14 Å². The number of aromatic carboxylic acids is 2. The van der Waals surface area contributed by atoms with Gasteiger partial charge >= 0.3 is 11.9 Å². The smallest absolute Gasteiger partial charge is 0.336 e. The Balaban J connectivity index is 0.000000320. The van der Waals surface area contributed by atoms with Gasteiger partial charge < -0.3 is 10.2 Å². The summed E-state index contributed by atoms with van der Waals surface area (Å²) in [5.74, 6) is -2.35. The van der Waals surface area contributed by atoms with Gasteiger partial charge in [0.15, 0.2) is 0 Å². The van der Waals surface area contributed by atoms with Gasteiger partial charge in [0.25, 0.3) is 9.05 Å². The van der Waals surface area contributed by atoms with Crippen LogP contribution in [0.15, 0.2) is 43.0 Å². The molecule has 0 fully saturated rings. The fourth-order valence-corrected chi connectivity index (χ4v) is 6.50. The van der Waals surface area contributed by atoms with Crippen LogP contribution < -0.4 is 5.14 Å². The average Bonchev–Trinajstić information content (AvgIpc) is 2.65. The Kier molecular flexibility index (Phi) is 9.87. The minimum atomic E-state index is -3.95. The lowest BCUT2D eigenvalue weighted by Crippen LogP contribution is -2.15. The van der Waals surface area contributed by atoms with E-state index >= 15 is 0 Å². The summed E-state index contributed by atoms with van der Waals surface area (Å²) in [5, 5.41) is 22.8. The van der Waals surface area contributed by atoms with Crippen LogP contribution in [0.4, 0.5) is 0 Å². The molecule has 0 bridgehead atoms. The molecule has 0 spiro atoms. The largest absolute Gasteiger partial charge is 0.478 e. The van der Waals surface area contributed by atoms with Crippen molar-refractivity contribution in [3.63, 3.8) is 0 Å². The minimum Gasteiger partial charge on any atom is -0.478 e. The minimum absolute atomic E-state index is 0.0466. The number of aryl methyl sites for hydroxylation is 2. The molecule has 0 aliphatic rings. The molecule has 4 N–H and O–H groups in total. The van der Waals surface area contributed by atoms with Gasteiger partial charge in [-0.3, -0.25) is 0 Å². The van der Waals surface area contributed by atoms with Crippen LogP contribution in [0.3, 0.4) is 0 Å².